The number of carbonyl (C=O) groups is 1. The van der Waals surface area contributed by atoms with E-state index in [0.29, 0.717) is 17.4 Å². The zero-order valence-corrected chi connectivity index (χ0v) is 17.0. The summed E-state index contributed by atoms with van der Waals surface area (Å²) in [5.41, 5.74) is -0.372. The highest BCUT2D eigenvalue weighted by Crippen LogP contribution is 2.76. The molecule has 0 radical (unpaired) electrons. The van der Waals surface area contributed by atoms with Gasteiger partial charge in [-0.3, -0.25) is 9.69 Å². The minimum atomic E-state index is -0.789. The second kappa shape index (κ2) is 6.15. The monoisotopic (exact) mass is 396 g/mol. The van der Waals surface area contributed by atoms with E-state index >= 15 is 0 Å². The van der Waals surface area contributed by atoms with Crippen LogP contribution < -0.4 is 5.32 Å². The molecule has 3 nitrogen and oxygen atoms in total. The van der Waals surface area contributed by atoms with Gasteiger partial charge in [0.25, 0.3) is 0 Å². The molecule has 1 amide bonds. The molecule has 2 aliphatic carbocycles. The van der Waals surface area contributed by atoms with E-state index in [1.54, 1.807) is 0 Å². The number of nitrogens with zero attached hydrogens (tertiary/aromatic N) is 1. The molecular weight excluding hydrogens is 370 g/mol. The highest BCUT2D eigenvalue weighted by Gasteiger charge is 2.79. The predicted molar refractivity (Wildman–Crippen MR) is 101 cm³/mol. The lowest BCUT2D eigenvalue weighted by molar-refractivity contribution is -0.131. The van der Waals surface area contributed by atoms with Crippen LogP contribution in [0.1, 0.15) is 52.1 Å². The lowest BCUT2D eigenvalue weighted by Gasteiger charge is -2.37. The van der Waals surface area contributed by atoms with Gasteiger partial charge in [0.05, 0.1) is 11.1 Å². The van der Waals surface area contributed by atoms with Crippen LogP contribution in [0.25, 0.3) is 0 Å². The molecule has 3 aliphatic rings. The summed E-state index contributed by atoms with van der Waals surface area (Å²) in [7, 11) is 0. The van der Waals surface area contributed by atoms with Gasteiger partial charge in [-0.25, -0.2) is 8.78 Å². The Labute approximate surface area is 164 Å². The zero-order valence-electron chi connectivity index (χ0n) is 16.3. The van der Waals surface area contributed by atoms with Crippen LogP contribution in [0.3, 0.4) is 0 Å². The zero-order chi connectivity index (χ0) is 19.7. The molecule has 148 valence electrons. The van der Waals surface area contributed by atoms with Gasteiger partial charge in [-0.15, -0.1) is 0 Å². The summed E-state index contributed by atoms with van der Waals surface area (Å²) in [6.07, 6.45) is 2.06. The van der Waals surface area contributed by atoms with Crippen LogP contribution in [-0.4, -0.2) is 29.9 Å². The molecule has 2 saturated carbocycles. The molecular formula is C21H27ClF2N2O. The van der Waals surface area contributed by atoms with Gasteiger partial charge in [0, 0.05) is 17.5 Å². The van der Waals surface area contributed by atoms with Crippen molar-refractivity contribution in [2.45, 2.75) is 52.6 Å². The van der Waals surface area contributed by atoms with Crippen LogP contribution >= 0.6 is 11.6 Å². The number of halogens is 3. The van der Waals surface area contributed by atoms with Gasteiger partial charge in [-0.05, 0) is 54.8 Å². The van der Waals surface area contributed by atoms with Crippen LogP contribution in [0.2, 0.25) is 5.02 Å². The van der Waals surface area contributed by atoms with Crippen LogP contribution in [0, 0.1) is 34.3 Å². The fourth-order valence-corrected chi connectivity index (χ4v) is 5.81. The Hall–Kier alpha value is -1.20. The normalized spacial score (nSPS) is 33.1. The molecule has 0 bridgehead atoms. The molecule has 0 aromatic heterocycles. The molecule has 3 fully saturated rings. The number of rotatable bonds is 4. The van der Waals surface area contributed by atoms with Gasteiger partial charge in [0.15, 0.2) is 0 Å². The van der Waals surface area contributed by atoms with Crippen molar-refractivity contribution in [1.82, 2.24) is 10.2 Å². The summed E-state index contributed by atoms with van der Waals surface area (Å²) in [4.78, 5) is 15.5. The lowest BCUT2D eigenvalue weighted by atomic mass is 9.72. The average Bonchev–Trinajstić information content (AvgIpc) is 2.88. The van der Waals surface area contributed by atoms with Crippen molar-refractivity contribution in [1.29, 1.82) is 0 Å². The number of benzene rings is 1. The summed E-state index contributed by atoms with van der Waals surface area (Å²) >= 11 is 5.88. The van der Waals surface area contributed by atoms with Crippen molar-refractivity contribution >= 4 is 17.5 Å². The SMILES string of the molecule is CCN1CC[C@]23C[C@H](C(=O)N[C@H](c4c(F)ccc(Cl)c4F)C(C)(C)C)C2C13. The third-order valence-corrected chi connectivity index (χ3v) is 7.33. The molecule has 1 aromatic carbocycles. The van der Waals surface area contributed by atoms with Crippen molar-refractivity contribution in [2.75, 3.05) is 13.1 Å². The molecule has 27 heavy (non-hydrogen) atoms. The number of hydrogen-bond donors (Lipinski definition) is 1. The third kappa shape index (κ3) is 2.72. The molecule has 4 rings (SSSR count). The topological polar surface area (TPSA) is 32.3 Å². The van der Waals surface area contributed by atoms with E-state index in [1.165, 1.54) is 12.5 Å². The van der Waals surface area contributed by atoms with Gasteiger partial charge in [0.1, 0.15) is 11.6 Å². The highest BCUT2D eigenvalue weighted by molar-refractivity contribution is 6.30. The quantitative estimate of drug-likeness (QED) is 0.757. The van der Waals surface area contributed by atoms with Crippen molar-refractivity contribution in [3.05, 3.63) is 34.4 Å². The van der Waals surface area contributed by atoms with E-state index in [-0.39, 0.29) is 22.4 Å². The molecule has 6 heteroatoms. The molecule has 1 spiro atoms. The maximum absolute atomic E-state index is 14.6. The van der Waals surface area contributed by atoms with E-state index in [0.717, 1.165) is 25.6 Å². The number of carbonyl (C=O) groups excluding carboxylic acids is 1. The number of fused-ring (bicyclic) bond motifs is 1. The fraction of sp³-hybridized carbons (Fsp3) is 0.667. The Balaban J connectivity index is 1.55. The van der Waals surface area contributed by atoms with Crippen molar-refractivity contribution in [3.63, 3.8) is 0 Å². The Morgan fingerprint density at radius 1 is 1.41 bits per heavy atom. The minimum Gasteiger partial charge on any atom is -0.348 e. The second-order valence-corrected chi connectivity index (χ2v) is 9.86. The maximum Gasteiger partial charge on any atom is 0.223 e. The van der Waals surface area contributed by atoms with E-state index in [2.05, 4.69) is 17.1 Å². The van der Waals surface area contributed by atoms with E-state index in [4.69, 9.17) is 11.6 Å². The van der Waals surface area contributed by atoms with Gasteiger partial charge in [-0.1, -0.05) is 39.3 Å². The largest absolute Gasteiger partial charge is 0.348 e. The van der Waals surface area contributed by atoms with Crippen molar-refractivity contribution in [3.8, 4) is 0 Å². The molecule has 1 heterocycles. The summed E-state index contributed by atoms with van der Waals surface area (Å²) in [5.74, 6) is -1.21. The second-order valence-electron chi connectivity index (χ2n) is 9.46. The maximum atomic E-state index is 14.6. The average molecular weight is 397 g/mol. The smallest absolute Gasteiger partial charge is 0.223 e. The number of piperidine rings is 1. The highest BCUT2D eigenvalue weighted by atomic mass is 35.5. The molecule has 1 aromatic rings. The van der Waals surface area contributed by atoms with Gasteiger partial charge in [0.2, 0.25) is 5.91 Å². The van der Waals surface area contributed by atoms with E-state index in [1.807, 2.05) is 20.8 Å². The number of amides is 1. The Kier molecular flexibility index (Phi) is 4.36. The van der Waals surface area contributed by atoms with Crippen LogP contribution in [0.5, 0.6) is 0 Å². The summed E-state index contributed by atoms with van der Waals surface area (Å²) in [6, 6.07) is 2.11. The standard InChI is InChI=1S/C21H27ClF2N2O/c1-5-26-9-8-21-10-11(15(21)18(21)26)19(27)25-17(20(2,3)4)14-13(23)7-6-12(22)16(14)24/h6-7,11,15,17-18H,5,8-10H2,1-4H3,(H,25,27)/t11-,15?,17+,18?,21-/m0/s1. The van der Waals surface area contributed by atoms with E-state index in [9.17, 15) is 13.6 Å². The Morgan fingerprint density at radius 2 is 2.11 bits per heavy atom. The summed E-state index contributed by atoms with van der Waals surface area (Å²) < 4.78 is 29.1. The van der Waals surface area contributed by atoms with Crippen molar-refractivity contribution < 1.29 is 13.6 Å². The molecule has 1 saturated heterocycles. The summed E-state index contributed by atoms with van der Waals surface area (Å²) in [5, 5.41) is 2.83. The molecule has 1 N–H and O–H groups in total. The number of likely N-dealkylation sites (tertiary alicyclic amines) is 1. The predicted octanol–water partition coefficient (Wildman–Crippen LogP) is 4.55. The fourth-order valence-electron chi connectivity index (χ4n) is 5.64. The first-order chi connectivity index (χ1) is 12.6. The van der Waals surface area contributed by atoms with Crippen LogP contribution in [-0.2, 0) is 4.79 Å². The summed E-state index contributed by atoms with van der Waals surface area (Å²) in [6.45, 7) is 9.89. The van der Waals surface area contributed by atoms with Crippen molar-refractivity contribution in [2.24, 2.45) is 22.7 Å². The molecule has 2 unspecified atom stereocenters. The van der Waals surface area contributed by atoms with Gasteiger partial charge in [-0.2, -0.15) is 0 Å². The number of nitrogens with one attached hydrogen (secondary N) is 1. The first kappa shape index (κ1) is 19.1. The third-order valence-electron chi connectivity index (χ3n) is 7.04. The Bertz CT molecular complexity index is 793. The lowest BCUT2D eigenvalue weighted by Crippen LogP contribution is -2.45. The first-order valence-corrected chi connectivity index (χ1v) is 10.2. The van der Waals surface area contributed by atoms with Gasteiger partial charge < -0.3 is 5.32 Å². The van der Waals surface area contributed by atoms with Gasteiger partial charge >= 0.3 is 0 Å². The van der Waals surface area contributed by atoms with Crippen LogP contribution in [0.15, 0.2) is 12.1 Å². The molecule has 5 atom stereocenters. The Morgan fingerprint density at radius 3 is 2.74 bits per heavy atom. The first-order valence-electron chi connectivity index (χ1n) is 9.79. The number of hydrogen-bond acceptors (Lipinski definition) is 2. The molecule has 1 aliphatic heterocycles. The van der Waals surface area contributed by atoms with E-state index < -0.39 is 23.1 Å². The van der Waals surface area contributed by atoms with Crippen LogP contribution in [0.4, 0.5) is 8.78 Å². The minimum absolute atomic E-state index is 0.0560.